The Kier molecular flexibility index (Phi) is 6.71. The number of carbonyl (C=O) groups is 1. The van der Waals surface area contributed by atoms with E-state index in [1.54, 1.807) is 48.7 Å². The molecule has 0 aliphatic heterocycles. The van der Waals surface area contributed by atoms with Gasteiger partial charge in [0.1, 0.15) is 0 Å². The summed E-state index contributed by atoms with van der Waals surface area (Å²) < 4.78 is 6.60. The van der Waals surface area contributed by atoms with Crippen LogP contribution in [0.2, 0.25) is 0 Å². The van der Waals surface area contributed by atoms with Gasteiger partial charge in [-0.05, 0) is 72.5 Å². The highest BCUT2D eigenvalue weighted by molar-refractivity contribution is 6.07. The zero-order valence-electron chi connectivity index (χ0n) is 19.7. The van der Waals surface area contributed by atoms with E-state index in [-0.39, 0.29) is 29.6 Å². The first-order chi connectivity index (χ1) is 16.8. The summed E-state index contributed by atoms with van der Waals surface area (Å²) >= 11 is 0. The molecule has 0 aliphatic carbocycles. The van der Waals surface area contributed by atoms with Gasteiger partial charge in [-0.25, -0.2) is 4.79 Å². The van der Waals surface area contributed by atoms with E-state index in [1.807, 2.05) is 32.0 Å². The minimum atomic E-state index is -0.366. The summed E-state index contributed by atoms with van der Waals surface area (Å²) in [7, 11) is 1.41. The van der Waals surface area contributed by atoms with Gasteiger partial charge in [-0.1, -0.05) is 30.3 Å². The standard InChI is InChI=1S/C28H26N2O5/c1-17-7-9-20(11-18(17)2)24-15-30(28(34)29-24)23-6-4-5-21(14-23)25(32)10-8-19-12-22(16-31)27(33)26(13-19)35-3/h4-15,31,33H,16H2,1-3H3,(H,29,34). The molecular weight excluding hydrogens is 444 g/mol. The van der Waals surface area contributed by atoms with Crippen LogP contribution in [0.25, 0.3) is 23.0 Å². The summed E-state index contributed by atoms with van der Waals surface area (Å²) in [5.74, 6) is -0.192. The first kappa shape index (κ1) is 23.8. The maximum Gasteiger partial charge on any atom is 0.330 e. The fourth-order valence-electron chi connectivity index (χ4n) is 3.78. The number of hydrogen-bond acceptors (Lipinski definition) is 5. The number of aryl methyl sites for hydroxylation is 2. The lowest BCUT2D eigenvalue weighted by atomic mass is 10.0. The lowest BCUT2D eigenvalue weighted by molar-refractivity contribution is 0.104. The number of aromatic amines is 1. The number of nitrogens with zero attached hydrogens (tertiary/aromatic N) is 1. The van der Waals surface area contributed by atoms with Crippen LogP contribution in [0.1, 0.15) is 32.6 Å². The second-order valence-corrected chi connectivity index (χ2v) is 8.28. The quantitative estimate of drug-likeness (QED) is 0.271. The number of nitrogens with one attached hydrogen (secondary N) is 1. The summed E-state index contributed by atoms with van der Waals surface area (Å²) in [6, 6.07) is 16.0. The molecule has 4 rings (SSSR count). The molecule has 0 aliphatic rings. The van der Waals surface area contributed by atoms with E-state index in [2.05, 4.69) is 4.98 Å². The van der Waals surface area contributed by atoms with Gasteiger partial charge in [-0.3, -0.25) is 9.36 Å². The van der Waals surface area contributed by atoms with E-state index < -0.39 is 0 Å². The summed E-state index contributed by atoms with van der Waals surface area (Å²) in [5.41, 5.74) is 5.47. The van der Waals surface area contributed by atoms with Gasteiger partial charge in [0.2, 0.25) is 0 Å². The smallest absolute Gasteiger partial charge is 0.330 e. The van der Waals surface area contributed by atoms with Gasteiger partial charge in [0.15, 0.2) is 17.3 Å². The Hall–Kier alpha value is -4.36. The Morgan fingerprint density at radius 2 is 1.89 bits per heavy atom. The molecule has 1 aromatic heterocycles. The molecule has 178 valence electrons. The van der Waals surface area contributed by atoms with E-state index in [9.17, 15) is 19.8 Å². The molecule has 1 heterocycles. The van der Waals surface area contributed by atoms with Gasteiger partial charge in [0.05, 0.1) is 25.1 Å². The van der Waals surface area contributed by atoms with Gasteiger partial charge < -0.3 is 19.9 Å². The van der Waals surface area contributed by atoms with Crippen LogP contribution < -0.4 is 10.4 Å². The van der Waals surface area contributed by atoms with Crippen molar-refractivity contribution in [3.8, 4) is 28.4 Å². The third-order valence-electron chi connectivity index (χ3n) is 5.94. The summed E-state index contributed by atoms with van der Waals surface area (Å²) in [6.07, 6.45) is 4.70. The van der Waals surface area contributed by atoms with Crippen LogP contribution in [0.15, 0.2) is 71.7 Å². The number of benzene rings is 3. The number of ether oxygens (including phenoxy) is 1. The van der Waals surface area contributed by atoms with Gasteiger partial charge >= 0.3 is 5.69 Å². The summed E-state index contributed by atoms with van der Waals surface area (Å²) in [5, 5.41) is 19.5. The van der Waals surface area contributed by atoms with Crippen molar-refractivity contribution in [2.45, 2.75) is 20.5 Å². The Morgan fingerprint density at radius 3 is 2.60 bits per heavy atom. The number of H-pyrrole nitrogens is 1. The second-order valence-electron chi connectivity index (χ2n) is 8.28. The monoisotopic (exact) mass is 470 g/mol. The summed E-state index contributed by atoms with van der Waals surface area (Å²) in [4.78, 5) is 28.4. The number of ketones is 1. The number of carbonyl (C=O) groups excluding carboxylic acids is 1. The van der Waals surface area contributed by atoms with Crippen LogP contribution >= 0.6 is 0 Å². The number of rotatable bonds is 7. The molecule has 3 N–H and O–H groups in total. The highest BCUT2D eigenvalue weighted by atomic mass is 16.5. The normalized spacial score (nSPS) is 11.2. The highest BCUT2D eigenvalue weighted by Gasteiger charge is 2.12. The van der Waals surface area contributed by atoms with E-state index in [0.29, 0.717) is 28.1 Å². The predicted molar refractivity (Wildman–Crippen MR) is 135 cm³/mol. The number of aliphatic hydroxyl groups is 1. The number of methoxy groups -OCH3 is 1. The molecule has 0 saturated carbocycles. The van der Waals surface area contributed by atoms with Gasteiger partial charge in [0, 0.05) is 17.3 Å². The molecule has 0 amide bonds. The number of imidazole rings is 1. The lowest BCUT2D eigenvalue weighted by Crippen LogP contribution is -2.14. The average molecular weight is 471 g/mol. The van der Waals surface area contributed by atoms with Crippen molar-refractivity contribution in [3.05, 3.63) is 105 Å². The van der Waals surface area contributed by atoms with Crippen LogP contribution in [0, 0.1) is 13.8 Å². The fourth-order valence-corrected chi connectivity index (χ4v) is 3.78. The molecule has 0 saturated heterocycles. The van der Waals surface area contributed by atoms with E-state index in [1.165, 1.54) is 23.3 Å². The van der Waals surface area contributed by atoms with Crippen LogP contribution in [0.4, 0.5) is 0 Å². The highest BCUT2D eigenvalue weighted by Crippen LogP contribution is 2.32. The maximum atomic E-state index is 12.8. The van der Waals surface area contributed by atoms with Crippen LogP contribution in [0.3, 0.4) is 0 Å². The molecule has 0 fully saturated rings. The molecule has 0 unspecified atom stereocenters. The molecule has 0 spiro atoms. The lowest BCUT2D eigenvalue weighted by Gasteiger charge is -2.08. The Labute approximate surface area is 202 Å². The van der Waals surface area contributed by atoms with Crippen molar-refractivity contribution < 1.29 is 19.7 Å². The zero-order chi connectivity index (χ0) is 25.1. The Balaban J connectivity index is 1.61. The number of aromatic nitrogens is 2. The van der Waals surface area contributed by atoms with Crippen molar-refractivity contribution in [2.75, 3.05) is 7.11 Å². The number of phenols is 1. The molecule has 7 nitrogen and oxygen atoms in total. The molecular formula is C28H26N2O5. The molecule has 35 heavy (non-hydrogen) atoms. The number of aromatic hydroxyl groups is 1. The first-order valence-electron chi connectivity index (χ1n) is 11.0. The zero-order valence-corrected chi connectivity index (χ0v) is 19.7. The molecule has 3 aromatic carbocycles. The topological polar surface area (TPSA) is 105 Å². The predicted octanol–water partition coefficient (Wildman–Crippen LogP) is 4.55. The SMILES string of the molecule is COc1cc(C=CC(=O)c2cccc(-n3cc(-c4ccc(C)c(C)c4)[nH]c3=O)c2)cc(CO)c1O. The largest absolute Gasteiger partial charge is 0.504 e. The summed E-state index contributed by atoms with van der Waals surface area (Å²) in [6.45, 7) is 3.69. The van der Waals surface area contributed by atoms with Gasteiger partial charge in [0.25, 0.3) is 0 Å². The fraction of sp³-hybridized carbons (Fsp3) is 0.143. The van der Waals surface area contributed by atoms with Crippen LogP contribution in [0.5, 0.6) is 11.5 Å². The maximum absolute atomic E-state index is 12.8. The van der Waals surface area contributed by atoms with Crippen molar-refractivity contribution in [1.29, 1.82) is 0 Å². The van der Waals surface area contributed by atoms with E-state index >= 15 is 0 Å². The molecule has 0 bridgehead atoms. The third kappa shape index (κ3) is 4.95. The number of allylic oxidation sites excluding steroid dienone is 1. The molecule has 0 radical (unpaired) electrons. The van der Waals surface area contributed by atoms with Gasteiger partial charge in [-0.2, -0.15) is 0 Å². The molecule has 4 aromatic rings. The number of hydrogen-bond donors (Lipinski definition) is 3. The minimum Gasteiger partial charge on any atom is -0.504 e. The number of aliphatic hydroxyl groups excluding tert-OH is 1. The van der Waals surface area contributed by atoms with Crippen molar-refractivity contribution in [3.63, 3.8) is 0 Å². The van der Waals surface area contributed by atoms with E-state index in [0.717, 1.165) is 11.1 Å². The average Bonchev–Trinajstić information content (AvgIpc) is 3.26. The van der Waals surface area contributed by atoms with Gasteiger partial charge in [-0.15, -0.1) is 0 Å². The van der Waals surface area contributed by atoms with Crippen molar-refractivity contribution >= 4 is 11.9 Å². The van der Waals surface area contributed by atoms with Crippen molar-refractivity contribution in [1.82, 2.24) is 9.55 Å². The Bertz CT molecular complexity index is 1470. The third-order valence-corrected chi connectivity index (χ3v) is 5.94. The second kappa shape index (κ2) is 9.87. The van der Waals surface area contributed by atoms with Crippen LogP contribution in [-0.2, 0) is 6.61 Å². The molecule has 0 atom stereocenters. The Morgan fingerprint density at radius 1 is 1.09 bits per heavy atom. The first-order valence-corrected chi connectivity index (χ1v) is 11.0. The van der Waals surface area contributed by atoms with Crippen molar-refractivity contribution in [2.24, 2.45) is 0 Å². The van der Waals surface area contributed by atoms with Crippen LogP contribution in [-0.4, -0.2) is 32.7 Å². The minimum absolute atomic E-state index is 0.136. The van der Waals surface area contributed by atoms with E-state index in [4.69, 9.17) is 4.74 Å². The molecule has 7 heteroatoms.